The molecule has 0 aliphatic carbocycles. The van der Waals surface area contributed by atoms with Gasteiger partial charge >= 0.3 is 0 Å². The van der Waals surface area contributed by atoms with Gasteiger partial charge in [0.2, 0.25) is 0 Å². The van der Waals surface area contributed by atoms with Crippen LogP contribution in [0.5, 0.6) is 0 Å². The Labute approximate surface area is 339 Å². The van der Waals surface area contributed by atoms with Crippen molar-refractivity contribution in [2.24, 2.45) is 0 Å². The van der Waals surface area contributed by atoms with Crippen LogP contribution in [0.25, 0.3) is 121 Å². The van der Waals surface area contributed by atoms with Crippen LogP contribution in [0, 0.1) is 0 Å². The summed E-state index contributed by atoms with van der Waals surface area (Å²) in [4.78, 5) is 15.6. The van der Waals surface area contributed by atoms with Crippen LogP contribution in [0.2, 0.25) is 0 Å². The molecule has 0 saturated carbocycles. The smallest absolute Gasteiger partial charge is 0.164 e. The highest BCUT2D eigenvalue weighted by Gasteiger charge is 2.20. The molecule has 4 heteroatoms. The van der Waals surface area contributed by atoms with Crippen LogP contribution in [0.4, 0.5) is 0 Å². The molecule has 0 saturated heterocycles. The molecule has 0 aliphatic heterocycles. The summed E-state index contributed by atoms with van der Waals surface area (Å²) in [6.45, 7) is 0. The number of aromatic nitrogens is 3. The lowest BCUT2D eigenvalue weighted by molar-refractivity contribution is 0.670. The zero-order valence-electron chi connectivity index (χ0n) is 31.8. The summed E-state index contributed by atoms with van der Waals surface area (Å²) >= 11 is 0. The number of hydrogen-bond acceptors (Lipinski definition) is 4. The quantitative estimate of drug-likeness (QED) is 0.164. The molecule has 0 fully saturated rings. The van der Waals surface area contributed by atoms with Crippen molar-refractivity contribution in [3.8, 4) is 56.4 Å². The molecule has 0 radical (unpaired) electrons. The molecule has 0 unspecified atom stereocenters. The number of nitrogens with zero attached hydrogens (tertiary/aromatic N) is 3. The Morgan fingerprint density at radius 3 is 1.54 bits per heavy atom. The topological polar surface area (TPSA) is 51.8 Å². The Morgan fingerprint density at radius 1 is 0.288 bits per heavy atom. The largest absolute Gasteiger partial charge is 0.455 e. The zero-order chi connectivity index (χ0) is 38.9. The maximum atomic E-state index is 6.71. The standard InChI is InChI=1S/C55H33N3O/c1-2-12-34(13-3-1)35-22-27-38(28-23-35)53-56-54(58-55(57-53)48-32-40-15-5-6-16-42(40)44-18-8-9-19-45(44)48)39-29-24-37(25-30-39)47-33-41-31-26-36-14-4-7-17-43(36)50(41)51-46-20-10-11-21-49(46)59-52(47)51/h1-33H. The average Bonchev–Trinajstić information content (AvgIpc) is 3.71. The molecule has 59 heavy (non-hydrogen) atoms. The van der Waals surface area contributed by atoms with Crippen molar-refractivity contribution < 1.29 is 4.42 Å². The van der Waals surface area contributed by atoms with Gasteiger partial charge in [-0.2, -0.15) is 0 Å². The Hall–Kier alpha value is -7.95. The van der Waals surface area contributed by atoms with E-state index in [4.69, 9.17) is 19.4 Å². The molecule has 12 aromatic rings. The van der Waals surface area contributed by atoms with Crippen LogP contribution in [0.1, 0.15) is 0 Å². The van der Waals surface area contributed by atoms with E-state index in [1.54, 1.807) is 0 Å². The van der Waals surface area contributed by atoms with Gasteiger partial charge < -0.3 is 4.42 Å². The van der Waals surface area contributed by atoms with Gasteiger partial charge in [-0.25, -0.2) is 15.0 Å². The summed E-state index contributed by atoms with van der Waals surface area (Å²) in [5, 5.41) is 11.7. The van der Waals surface area contributed by atoms with Crippen LogP contribution in [-0.2, 0) is 0 Å². The molecule has 2 aromatic heterocycles. The highest BCUT2D eigenvalue weighted by atomic mass is 16.3. The second-order valence-corrected chi connectivity index (χ2v) is 15.1. The molecule has 0 atom stereocenters. The highest BCUT2D eigenvalue weighted by molar-refractivity contribution is 6.29. The molecule has 4 nitrogen and oxygen atoms in total. The first-order chi connectivity index (χ1) is 29.2. The van der Waals surface area contributed by atoms with Gasteiger partial charge in [0, 0.05) is 38.4 Å². The lowest BCUT2D eigenvalue weighted by Crippen LogP contribution is -2.01. The van der Waals surface area contributed by atoms with Gasteiger partial charge in [0.1, 0.15) is 11.2 Å². The average molecular weight is 752 g/mol. The fourth-order valence-corrected chi connectivity index (χ4v) is 8.84. The minimum atomic E-state index is 0.611. The van der Waals surface area contributed by atoms with E-state index in [-0.39, 0.29) is 0 Å². The van der Waals surface area contributed by atoms with Crippen molar-refractivity contribution in [3.63, 3.8) is 0 Å². The first kappa shape index (κ1) is 33.2. The fourth-order valence-electron chi connectivity index (χ4n) is 8.84. The second-order valence-electron chi connectivity index (χ2n) is 15.1. The minimum Gasteiger partial charge on any atom is -0.455 e. The first-order valence-electron chi connectivity index (χ1n) is 19.9. The van der Waals surface area contributed by atoms with Crippen LogP contribution >= 0.6 is 0 Å². The van der Waals surface area contributed by atoms with Gasteiger partial charge in [0.15, 0.2) is 17.5 Å². The lowest BCUT2D eigenvalue weighted by Gasteiger charge is -2.13. The second kappa shape index (κ2) is 13.3. The number of hydrogen-bond donors (Lipinski definition) is 0. The van der Waals surface area contributed by atoms with Gasteiger partial charge in [-0.3, -0.25) is 0 Å². The van der Waals surface area contributed by atoms with Crippen molar-refractivity contribution in [2.45, 2.75) is 0 Å². The fraction of sp³-hybridized carbons (Fsp3) is 0. The van der Waals surface area contributed by atoms with Gasteiger partial charge in [0.25, 0.3) is 0 Å². The number of fused-ring (bicyclic) bond motifs is 10. The molecule has 12 rings (SSSR count). The summed E-state index contributed by atoms with van der Waals surface area (Å²) in [6, 6.07) is 70.4. The summed E-state index contributed by atoms with van der Waals surface area (Å²) in [5.74, 6) is 1.87. The number of rotatable bonds is 5. The van der Waals surface area contributed by atoms with Crippen molar-refractivity contribution >= 4 is 65.0 Å². The molecule has 274 valence electrons. The van der Waals surface area contributed by atoms with Gasteiger partial charge in [0.05, 0.1) is 0 Å². The first-order valence-corrected chi connectivity index (χ1v) is 19.9. The summed E-state index contributed by atoms with van der Waals surface area (Å²) < 4.78 is 6.71. The van der Waals surface area contributed by atoms with E-state index < -0.39 is 0 Å². The molecule has 2 heterocycles. The minimum absolute atomic E-state index is 0.611. The predicted octanol–water partition coefficient (Wildman–Crippen LogP) is 14.7. The highest BCUT2D eigenvalue weighted by Crippen LogP contribution is 2.44. The van der Waals surface area contributed by atoms with Gasteiger partial charge in [-0.15, -0.1) is 0 Å². The number of para-hydroxylation sites is 1. The van der Waals surface area contributed by atoms with Crippen molar-refractivity contribution in [1.29, 1.82) is 0 Å². The maximum absolute atomic E-state index is 6.71. The SMILES string of the molecule is c1ccc(-c2ccc(-c3nc(-c4ccc(-c5cc6ccc7ccccc7c6c6c5oc5ccccc56)cc4)nc(-c4cc5ccccc5c5ccccc45)n3)cc2)cc1. The predicted molar refractivity (Wildman–Crippen MR) is 244 cm³/mol. The monoisotopic (exact) mass is 751 g/mol. The van der Waals surface area contributed by atoms with Crippen molar-refractivity contribution in [2.75, 3.05) is 0 Å². The van der Waals surface area contributed by atoms with E-state index in [1.807, 2.05) is 12.1 Å². The summed E-state index contributed by atoms with van der Waals surface area (Å²) in [7, 11) is 0. The summed E-state index contributed by atoms with van der Waals surface area (Å²) in [6.07, 6.45) is 0. The molecule has 0 spiro atoms. The third-order valence-corrected chi connectivity index (χ3v) is 11.7. The normalized spacial score (nSPS) is 11.7. The van der Waals surface area contributed by atoms with E-state index >= 15 is 0 Å². The third kappa shape index (κ3) is 5.49. The molecule has 0 amide bonds. The Bertz CT molecular complexity index is 3590. The van der Waals surface area contributed by atoms with E-state index in [2.05, 4.69) is 188 Å². The van der Waals surface area contributed by atoms with Crippen LogP contribution in [-0.4, -0.2) is 15.0 Å². The van der Waals surface area contributed by atoms with Gasteiger partial charge in [-0.1, -0.05) is 182 Å². The summed E-state index contributed by atoms with van der Waals surface area (Å²) in [5.41, 5.74) is 8.96. The van der Waals surface area contributed by atoms with E-state index in [1.165, 1.54) is 37.9 Å². The molecule has 0 N–H and O–H groups in total. The lowest BCUT2D eigenvalue weighted by atomic mass is 9.93. The number of benzene rings is 10. The Kier molecular flexibility index (Phi) is 7.50. The maximum Gasteiger partial charge on any atom is 0.164 e. The van der Waals surface area contributed by atoms with E-state index in [0.29, 0.717) is 17.5 Å². The third-order valence-electron chi connectivity index (χ3n) is 11.7. The van der Waals surface area contributed by atoms with Crippen LogP contribution in [0.3, 0.4) is 0 Å². The van der Waals surface area contributed by atoms with E-state index in [9.17, 15) is 0 Å². The van der Waals surface area contributed by atoms with Gasteiger partial charge in [-0.05, 0) is 72.6 Å². The molecular weight excluding hydrogens is 719 g/mol. The van der Waals surface area contributed by atoms with Crippen molar-refractivity contribution in [3.05, 3.63) is 200 Å². The van der Waals surface area contributed by atoms with Crippen LogP contribution < -0.4 is 0 Å². The Morgan fingerprint density at radius 2 is 0.797 bits per heavy atom. The molecule has 0 bridgehead atoms. The van der Waals surface area contributed by atoms with E-state index in [0.717, 1.165) is 66.1 Å². The number of furan rings is 1. The molecule has 0 aliphatic rings. The zero-order valence-corrected chi connectivity index (χ0v) is 31.8. The molecular formula is C55H33N3O. The van der Waals surface area contributed by atoms with Crippen molar-refractivity contribution in [1.82, 2.24) is 15.0 Å². The van der Waals surface area contributed by atoms with Crippen LogP contribution in [0.15, 0.2) is 205 Å². The Balaban J connectivity index is 1.03. The molecule has 10 aromatic carbocycles.